The summed E-state index contributed by atoms with van der Waals surface area (Å²) in [6, 6.07) is 13.8. The summed E-state index contributed by atoms with van der Waals surface area (Å²) in [6.45, 7) is 4.92. The molecule has 148 valence electrons. The summed E-state index contributed by atoms with van der Waals surface area (Å²) in [7, 11) is 0. The second kappa shape index (κ2) is 9.20. The Kier molecular flexibility index (Phi) is 6.68. The molecular formula is C22H24ClFN2O2. The first-order valence-electron chi connectivity index (χ1n) is 9.41. The normalized spacial score (nSPS) is 16.0. The third kappa shape index (κ3) is 5.55. The van der Waals surface area contributed by atoms with Gasteiger partial charge in [0.15, 0.2) is 6.10 Å². The molecule has 2 aromatic rings. The molecule has 0 radical (unpaired) electrons. The van der Waals surface area contributed by atoms with Crippen LogP contribution in [0, 0.1) is 11.7 Å². The Morgan fingerprint density at radius 2 is 2.07 bits per heavy atom. The second-order valence-electron chi connectivity index (χ2n) is 7.48. The molecule has 0 saturated heterocycles. The fourth-order valence-electron chi connectivity index (χ4n) is 3.20. The number of rotatable bonds is 7. The number of hydrogen-bond acceptors (Lipinski definition) is 3. The Morgan fingerprint density at radius 1 is 1.29 bits per heavy atom. The molecule has 1 atom stereocenters. The summed E-state index contributed by atoms with van der Waals surface area (Å²) in [5, 5.41) is 4.76. The van der Waals surface area contributed by atoms with E-state index in [1.54, 1.807) is 17.0 Å². The maximum atomic E-state index is 13.5. The molecule has 0 N–H and O–H groups in total. The van der Waals surface area contributed by atoms with Crippen LogP contribution in [0.3, 0.4) is 0 Å². The lowest BCUT2D eigenvalue weighted by atomic mass is 10.0. The minimum Gasteiger partial charge on any atom is -0.390 e. The lowest BCUT2D eigenvalue weighted by Crippen LogP contribution is -2.37. The van der Waals surface area contributed by atoms with Crippen LogP contribution in [0.25, 0.3) is 0 Å². The number of halogens is 2. The molecule has 1 unspecified atom stereocenters. The van der Waals surface area contributed by atoms with E-state index in [1.165, 1.54) is 12.1 Å². The van der Waals surface area contributed by atoms with Gasteiger partial charge in [0.05, 0.1) is 12.3 Å². The molecule has 0 aromatic heterocycles. The first-order valence-corrected chi connectivity index (χ1v) is 9.79. The summed E-state index contributed by atoms with van der Waals surface area (Å²) < 4.78 is 13.5. The van der Waals surface area contributed by atoms with Gasteiger partial charge < -0.3 is 9.74 Å². The molecule has 1 amide bonds. The Hall–Kier alpha value is -2.40. The minimum absolute atomic E-state index is 0.0674. The van der Waals surface area contributed by atoms with E-state index in [9.17, 15) is 9.18 Å². The minimum atomic E-state index is -0.307. The molecule has 0 spiro atoms. The fourth-order valence-corrected chi connectivity index (χ4v) is 3.41. The van der Waals surface area contributed by atoms with Gasteiger partial charge in [0.2, 0.25) is 5.91 Å². The van der Waals surface area contributed by atoms with E-state index in [0.29, 0.717) is 42.2 Å². The van der Waals surface area contributed by atoms with Crippen molar-refractivity contribution in [3.8, 4) is 0 Å². The van der Waals surface area contributed by atoms with E-state index in [2.05, 4.69) is 5.16 Å². The maximum absolute atomic E-state index is 13.5. The highest BCUT2D eigenvalue weighted by Gasteiger charge is 2.27. The number of benzene rings is 2. The second-order valence-corrected chi connectivity index (χ2v) is 7.92. The zero-order chi connectivity index (χ0) is 20.1. The summed E-state index contributed by atoms with van der Waals surface area (Å²) in [5.41, 5.74) is 2.37. The lowest BCUT2D eigenvalue weighted by molar-refractivity contribution is -0.134. The number of oxime groups is 1. The summed E-state index contributed by atoms with van der Waals surface area (Å²) in [4.78, 5) is 20.1. The van der Waals surface area contributed by atoms with Crippen molar-refractivity contribution in [2.24, 2.45) is 11.1 Å². The van der Waals surface area contributed by atoms with Gasteiger partial charge in [0.1, 0.15) is 5.82 Å². The molecule has 1 aliphatic heterocycles. The predicted molar refractivity (Wildman–Crippen MR) is 109 cm³/mol. The number of amides is 1. The highest BCUT2D eigenvalue weighted by Crippen LogP contribution is 2.21. The number of nitrogens with zero attached hydrogens (tertiary/aromatic N) is 2. The first-order chi connectivity index (χ1) is 13.4. The molecule has 3 rings (SSSR count). The van der Waals surface area contributed by atoms with E-state index in [1.807, 2.05) is 38.1 Å². The van der Waals surface area contributed by atoms with Crippen molar-refractivity contribution in [1.29, 1.82) is 0 Å². The predicted octanol–water partition coefficient (Wildman–Crippen LogP) is 5.05. The van der Waals surface area contributed by atoms with Crippen molar-refractivity contribution in [3.05, 3.63) is 70.5 Å². The van der Waals surface area contributed by atoms with Crippen molar-refractivity contribution in [1.82, 2.24) is 4.90 Å². The van der Waals surface area contributed by atoms with Crippen LogP contribution >= 0.6 is 11.6 Å². The van der Waals surface area contributed by atoms with Crippen molar-refractivity contribution >= 4 is 23.2 Å². The van der Waals surface area contributed by atoms with E-state index in [-0.39, 0.29) is 23.7 Å². The van der Waals surface area contributed by atoms with Gasteiger partial charge in [-0.1, -0.05) is 54.9 Å². The van der Waals surface area contributed by atoms with E-state index in [0.717, 1.165) is 5.56 Å². The largest absolute Gasteiger partial charge is 0.390 e. The fraction of sp³-hybridized carbons (Fsp3) is 0.364. The molecule has 0 saturated carbocycles. The Bertz CT molecular complexity index is 869. The highest BCUT2D eigenvalue weighted by atomic mass is 35.5. The van der Waals surface area contributed by atoms with Gasteiger partial charge >= 0.3 is 0 Å². The molecule has 28 heavy (non-hydrogen) atoms. The molecule has 4 nitrogen and oxygen atoms in total. The van der Waals surface area contributed by atoms with Gasteiger partial charge in [-0.25, -0.2) is 4.39 Å². The molecule has 2 aromatic carbocycles. The topological polar surface area (TPSA) is 41.9 Å². The van der Waals surface area contributed by atoms with Crippen LogP contribution < -0.4 is 0 Å². The van der Waals surface area contributed by atoms with Crippen LogP contribution in [0.1, 0.15) is 37.8 Å². The molecule has 0 aliphatic carbocycles. The van der Waals surface area contributed by atoms with Crippen LogP contribution in [0.4, 0.5) is 4.39 Å². The van der Waals surface area contributed by atoms with E-state index in [4.69, 9.17) is 16.4 Å². The van der Waals surface area contributed by atoms with Gasteiger partial charge in [-0.3, -0.25) is 4.79 Å². The number of carbonyl (C=O) groups is 1. The third-order valence-electron chi connectivity index (χ3n) is 4.51. The third-order valence-corrected chi connectivity index (χ3v) is 4.75. The molecule has 0 fully saturated rings. The van der Waals surface area contributed by atoms with Crippen molar-refractivity contribution in [3.63, 3.8) is 0 Å². The van der Waals surface area contributed by atoms with Crippen LogP contribution in [0.15, 0.2) is 53.7 Å². The van der Waals surface area contributed by atoms with Gasteiger partial charge in [0, 0.05) is 30.0 Å². The average molecular weight is 403 g/mol. The zero-order valence-corrected chi connectivity index (χ0v) is 16.8. The quantitative estimate of drug-likeness (QED) is 0.650. The number of hydrogen-bond donors (Lipinski definition) is 0. The smallest absolute Gasteiger partial charge is 0.223 e. The van der Waals surface area contributed by atoms with Crippen LogP contribution in [0.2, 0.25) is 5.02 Å². The highest BCUT2D eigenvalue weighted by molar-refractivity contribution is 6.30. The van der Waals surface area contributed by atoms with Gasteiger partial charge in [-0.05, 0) is 35.7 Å². The van der Waals surface area contributed by atoms with Crippen molar-refractivity contribution in [2.45, 2.75) is 39.3 Å². The standard InChI is InChI=1S/C22H24ClFN2O2/c1-15(2)9-22(27)26(13-16-5-3-7-18(23)10-16)14-20-12-21(25-28-20)17-6-4-8-19(24)11-17/h3-8,10-11,15,20H,9,12-14H2,1-2H3. The molecule has 1 aliphatic rings. The Balaban J connectivity index is 1.68. The SMILES string of the molecule is CC(C)CC(=O)N(Cc1cccc(Cl)c1)CC1CC(c2cccc(F)c2)=NO1. The molecular weight excluding hydrogens is 379 g/mol. The monoisotopic (exact) mass is 402 g/mol. The van der Waals surface area contributed by atoms with E-state index >= 15 is 0 Å². The van der Waals surface area contributed by atoms with E-state index < -0.39 is 0 Å². The van der Waals surface area contributed by atoms with Crippen molar-refractivity contribution < 1.29 is 14.0 Å². The Labute approximate surface area is 169 Å². The lowest BCUT2D eigenvalue weighted by Gasteiger charge is -2.26. The molecule has 1 heterocycles. The van der Waals surface area contributed by atoms with Crippen LogP contribution in [-0.4, -0.2) is 29.2 Å². The Morgan fingerprint density at radius 3 is 2.79 bits per heavy atom. The zero-order valence-electron chi connectivity index (χ0n) is 16.1. The van der Waals surface area contributed by atoms with Gasteiger partial charge in [-0.15, -0.1) is 0 Å². The molecule has 6 heteroatoms. The van der Waals surface area contributed by atoms with Crippen molar-refractivity contribution in [2.75, 3.05) is 6.54 Å². The first kappa shape index (κ1) is 20.3. The molecule has 0 bridgehead atoms. The van der Waals surface area contributed by atoms with Crippen LogP contribution in [-0.2, 0) is 16.2 Å². The average Bonchev–Trinajstić information content (AvgIpc) is 3.09. The maximum Gasteiger partial charge on any atom is 0.223 e. The van der Waals surface area contributed by atoms with Gasteiger partial charge in [0.25, 0.3) is 0 Å². The van der Waals surface area contributed by atoms with Gasteiger partial charge in [-0.2, -0.15) is 0 Å². The summed E-state index contributed by atoms with van der Waals surface area (Å²) >= 11 is 6.09. The van der Waals surface area contributed by atoms with Crippen LogP contribution in [0.5, 0.6) is 0 Å². The number of carbonyl (C=O) groups excluding carboxylic acids is 1. The summed E-state index contributed by atoms with van der Waals surface area (Å²) in [6.07, 6.45) is 0.739. The summed E-state index contributed by atoms with van der Waals surface area (Å²) in [5.74, 6) is 0.0223.